The zero-order valence-electron chi connectivity index (χ0n) is 10.1. The van der Waals surface area contributed by atoms with Gasteiger partial charge >= 0.3 is 0 Å². The van der Waals surface area contributed by atoms with Gasteiger partial charge in [0.1, 0.15) is 5.54 Å². The monoisotopic (exact) mass is 254 g/mol. The highest BCUT2D eigenvalue weighted by Gasteiger charge is 2.51. The second kappa shape index (κ2) is 4.93. The molecule has 2 rings (SSSR count). The Bertz CT molecular complexity index is 372. The fourth-order valence-electron chi connectivity index (χ4n) is 2.10. The van der Waals surface area contributed by atoms with Crippen molar-refractivity contribution in [2.75, 3.05) is 13.1 Å². The number of nitrogens with two attached hydrogens (primary N) is 1. The second-order valence-electron chi connectivity index (χ2n) is 4.87. The van der Waals surface area contributed by atoms with E-state index in [1.807, 2.05) is 0 Å². The Kier molecular flexibility index (Phi) is 3.51. The minimum absolute atomic E-state index is 0.140. The first-order valence-corrected chi connectivity index (χ1v) is 6.15. The summed E-state index contributed by atoms with van der Waals surface area (Å²) in [6.45, 7) is 0.636. The molecule has 7 heteroatoms. The summed E-state index contributed by atoms with van der Waals surface area (Å²) in [4.78, 5) is 34.3. The summed E-state index contributed by atoms with van der Waals surface area (Å²) in [7, 11) is 0. The van der Waals surface area contributed by atoms with Crippen molar-refractivity contribution in [2.24, 2.45) is 5.73 Å². The lowest BCUT2D eigenvalue weighted by atomic mass is 10.1. The Balaban J connectivity index is 1.85. The van der Waals surface area contributed by atoms with Crippen molar-refractivity contribution in [3.05, 3.63) is 0 Å². The van der Waals surface area contributed by atoms with Crippen LogP contribution in [0.15, 0.2) is 0 Å². The number of carbonyl (C=O) groups excluding carboxylic acids is 3. The van der Waals surface area contributed by atoms with Gasteiger partial charge in [-0.05, 0) is 32.2 Å². The van der Waals surface area contributed by atoms with Gasteiger partial charge in [0.2, 0.25) is 17.7 Å². The molecule has 100 valence electrons. The van der Waals surface area contributed by atoms with E-state index in [1.54, 1.807) is 0 Å². The predicted octanol–water partition coefficient (Wildman–Crippen LogP) is -2.01. The first-order chi connectivity index (χ1) is 8.53. The van der Waals surface area contributed by atoms with E-state index in [0.29, 0.717) is 12.8 Å². The van der Waals surface area contributed by atoms with Crippen molar-refractivity contribution in [3.8, 4) is 0 Å². The molecule has 1 heterocycles. The summed E-state index contributed by atoms with van der Waals surface area (Å²) in [5, 5.41) is 8.28. The van der Waals surface area contributed by atoms with Gasteiger partial charge in [0, 0.05) is 0 Å². The number of carbonyl (C=O) groups is 3. The minimum atomic E-state index is -0.823. The molecule has 2 fully saturated rings. The van der Waals surface area contributed by atoms with E-state index >= 15 is 0 Å². The fraction of sp³-hybridized carbons (Fsp3) is 0.727. The van der Waals surface area contributed by atoms with Crippen LogP contribution < -0.4 is 21.7 Å². The molecule has 0 unspecified atom stereocenters. The average molecular weight is 254 g/mol. The lowest BCUT2D eigenvalue weighted by Crippen LogP contribution is -2.54. The van der Waals surface area contributed by atoms with Crippen LogP contribution in [0.3, 0.4) is 0 Å². The maximum absolute atomic E-state index is 11.9. The van der Waals surface area contributed by atoms with E-state index in [1.165, 1.54) is 0 Å². The summed E-state index contributed by atoms with van der Waals surface area (Å²) >= 11 is 0. The molecule has 1 saturated heterocycles. The number of primary amides is 1. The van der Waals surface area contributed by atoms with Crippen molar-refractivity contribution in [1.82, 2.24) is 16.0 Å². The molecular formula is C11H18N4O3. The number of amides is 3. The molecule has 5 N–H and O–H groups in total. The summed E-state index contributed by atoms with van der Waals surface area (Å²) < 4.78 is 0. The third kappa shape index (κ3) is 2.79. The molecule has 1 atom stereocenters. The lowest BCUT2D eigenvalue weighted by molar-refractivity contribution is -0.131. The van der Waals surface area contributed by atoms with Crippen LogP contribution in [-0.2, 0) is 14.4 Å². The molecular weight excluding hydrogens is 236 g/mol. The molecule has 0 bridgehead atoms. The van der Waals surface area contributed by atoms with Gasteiger partial charge < -0.3 is 21.7 Å². The van der Waals surface area contributed by atoms with Crippen LogP contribution in [0.25, 0.3) is 0 Å². The smallest absolute Gasteiger partial charge is 0.246 e. The van der Waals surface area contributed by atoms with E-state index in [0.717, 1.165) is 19.4 Å². The molecule has 1 aliphatic heterocycles. The molecule has 7 nitrogen and oxygen atoms in total. The van der Waals surface area contributed by atoms with E-state index < -0.39 is 11.4 Å². The van der Waals surface area contributed by atoms with Gasteiger partial charge in [-0.25, -0.2) is 0 Å². The first kappa shape index (κ1) is 12.8. The number of hydrogen-bond acceptors (Lipinski definition) is 4. The van der Waals surface area contributed by atoms with Crippen LogP contribution in [0.5, 0.6) is 0 Å². The quantitative estimate of drug-likeness (QED) is 0.454. The van der Waals surface area contributed by atoms with Gasteiger partial charge in [-0.15, -0.1) is 0 Å². The number of rotatable bonds is 5. The lowest BCUT2D eigenvalue weighted by Gasteiger charge is -2.19. The Labute approximate surface area is 105 Å². The topological polar surface area (TPSA) is 113 Å². The molecule has 0 radical (unpaired) electrons. The Hall–Kier alpha value is -1.63. The largest absolute Gasteiger partial charge is 0.368 e. The maximum Gasteiger partial charge on any atom is 0.246 e. The number of nitrogens with one attached hydrogen (secondary N) is 3. The van der Waals surface area contributed by atoms with Crippen molar-refractivity contribution in [3.63, 3.8) is 0 Å². The van der Waals surface area contributed by atoms with Crippen LogP contribution >= 0.6 is 0 Å². The van der Waals surface area contributed by atoms with Crippen molar-refractivity contribution in [1.29, 1.82) is 0 Å². The van der Waals surface area contributed by atoms with E-state index in [-0.39, 0.29) is 24.4 Å². The van der Waals surface area contributed by atoms with Crippen molar-refractivity contribution < 1.29 is 14.4 Å². The van der Waals surface area contributed by atoms with E-state index in [9.17, 15) is 14.4 Å². The van der Waals surface area contributed by atoms with Gasteiger partial charge in [0.25, 0.3) is 0 Å². The highest BCUT2D eigenvalue weighted by atomic mass is 16.2. The standard InChI is InChI=1S/C11H18N4O3/c12-8(16)6-14-10(18)11(3-4-11)15-9(17)7-2-1-5-13-7/h7,13H,1-6H2,(H2,12,16)(H,14,18)(H,15,17)/t7-/m0/s1. The van der Waals surface area contributed by atoms with Crippen LogP contribution in [0, 0.1) is 0 Å². The molecule has 2 aliphatic rings. The third-order valence-corrected chi connectivity index (χ3v) is 3.35. The Morgan fingerprint density at radius 1 is 1.33 bits per heavy atom. The van der Waals surface area contributed by atoms with Crippen molar-refractivity contribution >= 4 is 17.7 Å². The molecule has 18 heavy (non-hydrogen) atoms. The molecule has 1 aliphatic carbocycles. The van der Waals surface area contributed by atoms with Crippen LogP contribution in [0.4, 0.5) is 0 Å². The molecule has 0 aromatic rings. The highest BCUT2D eigenvalue weighted by molar-refractivity contribution is 5.96. The van der Waals surface area contributed by atoms with Crippen LogP contribution in [0.2, 0.25) is 0 Å². The molecule has 0 aromatic carbocycles. The summed E-state index contributed by atoms with van der Waals surface area (Å²) in [6, 6.07) is -0.202. The van der Waals surface area contributed by atoms with Gasteiger partial charge in [0.05, 0.1) is 12.6 Å². The first-order valence-electron chi connectivity index (χ1n) is 6.15. The zero-order valence-corrected chi connectivity index (χ0v) is 10.1. The van der Waals surface area contributed by atoms with E-state index in [4.69, 9.17) is 5.73 Å². The minimum Gasteiger partial charge on any atom is -0.368 e. The number of hydrogen-bond donors (Lipinski definition) is 4. The molecule has 0 aromatic heterocycles. The zero-order chi connectivity index (χ0) is 13.2. The van der Waals surface area contributed by atoms with Gasteiger partial charge in [-0.1, -0.05) is 0 Å². The Morgan fingerprint density at radius 3 is 2.56 bits per heavy atom. The molecule has 3 amide bonds. The predicted molar refractivity (Wildman–Crippen MR) is 63.3 cm³/mol. The average Bonchev–Trinajstić information content (AvgIpc) is 2.91. The SMILES string of the molecule is NC(=O)CNC(=O)C1(NC(=O)[C@@H]2CCCN2)CC1. The molecule has 0 spiro atoms. The van der Waals surface area contributed by atoms with Crippen LogP contribution in [0.1, 0.15) is 25.7 Å². The summed E-state index contributed by atoms with van der Waals surface area (Å²) in [5.41, 5.74) is 4.13. The van der Waals surface area contributed by atoms with Gasteiger partial charge in [-0.2, -0.15) is 0 Å². The summed E-state index contributed by atoms with van der Waals surface area (Å²) in [6.07, 6.45) is 2.98. The highest BCUT2D eigenvalue weighted by Crippen LogP contribution is 2.35. The normalized spacial score (nSPS) is 24.3. The summed E-state index contributed by atoms with van der Waals surface area (Å²) in [5.74, 6) is -1.06. The van der Waals surface area contributed by atoms with Gasteiger partial charge in [-0.3, -0.25) is 14.4 Å². The molecule has 1 saturated carbocycles. The van der Waals surface area contributed by atoms with E-state index in [2.05, 4.69) is 16.0 Å². The Morgan fingerprint density at radius 2 is 2.06 bits per heavy atom. The van der Waals surface area contributed by atoms with Crippen LogP contribution in [-0.4, -0.2) is 42.4 Å². The fourth-order valence-corrected chi connectivity index (χ4v) is 2.10. The maximum atomic E-state index is 11.9. The van der Waals surface area contributed by atoms with Gasteiger partial charge in [0.15, 0.2) is 0 Å². The van der Waals surface area contributed by atoms with Crippen molar-refractivity contribution in [2.45, 2.75) is 37.3 Å². The second-order valence-corrected chi connectivity index (χ2v) is 4.87. The third-order valence-electron chi connectivity index (χ3n) is 3.35.